The van der Waals surface area contributed by atoms with E-state index in [2.05, 4.69) is 5.16 Å². The van der Waals surface area contributed by atoms with E-state index in [-0.39, 0.29) is 17.8 Å². The van der Waals surface area contributed by atoms with Crippen molar-refractivity contribution in [1.82, 2.24) is 10.1 Å². The second kappa shape index (κ2) is 6.52. The number of hydrogen-bond acceptors (Lipinski definition) is 3. The van der Waals surface area contributed by atoms with Gasteiger partial charge >= 0.3 is 0 Å². The van der Waals surface area contributed by atoms with Crippen LogP contribution in [0, 0.1) is 19.7 Å². The molecule has 0 aliphatic carbocycles. The zero-order valence-corrected chi connectivity index (χ0v) is 13.5. The van der Waals surface area contributed by atoms with Crippen LogP contribution in [0.5, 0.6) is 0 Å². The van der Waals surface area contributed by atoms with E-state index >= 15 is 0 Å². The molecular formula is C18H21FN2O2. The van der Waals surface area contributed by atoms with Crippen molar-refractivity contribution >= 4 is 5.91 Å². The Balaban J connectivity index is 1.70. The highest BCUT2D eigenvalue weighted by atomic mass is 19.1. The molecule has 1 aromatic carbocycles. The third kappa shape index (κ3) is 3.44. The van der Waals surface area contributed by atoms with Crippen LogP contribution >= 0.6 is 0 Å². The van der Waals surface area contributed by atoms with E-state index in [0.29, 0.717) is 18.6 Å². The van der Waals surface area contributed by atoms with Crippen molar-refractivity contribution in [3.05, 3.63) is 52.7 Å². The first kappa shape index (κ1) is 15.7. The lowest BCUT2D eigenvalue weighted by molar-refractivity contribution is -0.131. The van der Waals surface area contributed by atoms with Crippen molar-refractivity contribution in [2.45, 2.75) is 45.6 Å². The molecule has 5 heteroatoms. The highest BCUT2D eigenvalue weighted by Gasteiger charge is 2.29. The number of carbonyl (C=O) groups is 1. The van der Waals surface area contributed by atoms with Crippen molar-refractivity contribution < 1.29 is 13.7 Å². The zero-order valence-electron chi connectivity index (χ0n) is 13.5. The number of nitrogens with zero attached hydrogens (tertiary/aromatic N) is 2. The Hall–Kier alpha value is -2.17. The summed E-state index contributed by atoms with van der Waals surface area (Å²) in [6.07, 6.45) is 2.98. The first-order chi connectivity index (χ1) is 11.0. The largest absolute Gasteiger partial charge is 0.361 e. The first-order valence-corrected chi connectivity index (χ1v) is 8.00. The van der Waals surface area contributed by atoms with E-state index in [1.807, 2.05) is 24.8 Å². The topological polar surface area (TPSA) is 46.3 Å². The van der Waals surface area contributed by atoms with Gasteiger partial charge in [-0.1, -0.05) is 17.3 Å². The first-order valence-electron chi connectivity index (χ1n) is 8.00. The minimum atomic E-state index is -0.228. The molecule has 2 aromatic rings. The van der Waals surface area contributed by atoms with Crippen LogP contribution in [0.1, 0.15) is 35.4 Å². The van der Waals surface area contributed by atoms with E-state index in [9.17, 15) is 9.18 Å². The van der Waals surface area contributed by atoms with Gasteiger partial charge in [-0.05, 0) is 50.8 Å². The van der Waals surface area contributed by atoms with Crippen LogP contribution in [-0.4, -0.2) is 28.6 Å². The smallest absolute Gasteiger partial charge is 0.227 e. The lowest BCUT2D eigenvalue weighted by Gasteiger charge is -2.25. The predicted octanol–water partition coefficient (Wildman–Crippen LogP) is 3.21. The molecule has 1 aliphatic rings. The number of aryl methyl sites for hydroxylation is 2. The summed E-state index contributed by atoms with van der Waals surface area (Å²) in [7, 11) is 0. The van der Waals surface area contributed by atoms with Crippen LogP contribution in [0.25, 0.3) is 0 Å². The van der Waals surface area contributed by atoms with Crippen LogP contribution < -0.4 is 0 Å². The molecule has 0 radical (unpaired) electrons. The van der Waals surface area contributed by atoms with Gasteiger partial charge < -0.3 is 9.42 Å². The Labute approximate surface area is 135 Å². The Kier molecular flexibility index (Phi) is 4.46. The molecule has 0 saturated carbocycles. The van der Waals surface area contributed by atoms with E-state index < -0.39 is 0 Å². The average Bonchev–Trinajstić information content (AvgIpc) is 3.09. The van der Waals surface area contributed by atoms with E-state index in [1.165, 1.54) is 6.07 Å². The fraction of sp³-hybridized carbons (Fsp3) is 0.444. The number of hydrogen-bond donors (Lipinski definition) is 0. The highest BCUT2D eigenvalue weighted by molar-refractivity contribution is 5.79. The molecule has 1 atom stereocenters. The van der Waals surface area contributed by atoms with Crippen LogP contribution in [0.15, 0.2) is 28.8 Å². The van der Waals surface area contributed by atoms with Gasteiger partial charge in [-0.2, -0.15) is 0 Å². The van der Waals surface area contributed by atoms with E-state index in [0.717, 1.165) is 36.2 Å². The lowest BCUT2D eigenvalue weighted by atomic mass is 10.0. The lowest BCUT2D eigenvalue weighted by Crippen LogP contribution is -2.38. The normalized spacial score (nSPS) is 17.7. The molecule has 1 fully saturated rings. The summed E-state index contributed by atoms with van der Waals surface area (Å²) in [6, 6.07) is 6.77. The quantitative estimate of drug-likeness (QED) is 0.870. The van der Waals surface area contributed by atoms with E-state index in [4.69, 9.17) is 4.52 Å². The van der Waals surface area contributed by atoms with Crippen molar-refractivity contribution in [2.24, 2.45) is 0 Å². The molecular weight excluding hydrogens is 295 g/mol. The molecule has 3 rings (SSSR count). The number of aromatic nitrogens is 1. The minimum Gasteiger partial charge on any atom is -0.361 e. The molecule has 1 aliphatic heterocycles. The number of halogens is 1. The zero-order chi connectivity index (χ0) is 16.4. The summed E-state index contributed by atoms with van der Waals surface area (Å²) in [6.45, 7) is 4.45. The Bertz CT molecular complexity index is 691. The van der Waals surface area contributed by atoms with Gasteiger partial charge in [0.25, 0.3) is 0 Å². The van der Waals surface area contributed by atoms with Gasteiger partial charge in [0.15, 0.2) is 0 Å². The van der Waals surface area contributed by atoms with Gasteiger partial charge in [0.05, 0.1) is 12.1 Å². The predicted molar refractivity (Wildman–Crippen MR) is 84.5 cm³/mol. The molecule has 0 spiro atoms. The molecule has 0 unspecified atom stereocenters. The van der Waals surface area contributed by atoms with Gasteiger partial charge in [-0.15, -0.1) is 0 Å². The molecule has 2 heterocycles. The molecule has 23 heavy (non-hydrogen) atoms. The number of amides is 1. The van der Waals surface area contributed by atoms with Crippen molar-refractivity contribution in [2.75, 3.05) is 6.54 Å². The summed E-state index contributed by atoms with van der Waals surface area (Å²) in [5.41, 5.74) is 2.59. The van der Waals surface area contributed by atoms with Gasteiger partial charge in [0, 0.05) is 18.2 Å². The van der Waals surface area contributed by atoms with Gasteiger partial charge in [-0.25, -0.2) is 4.39 Å². The summed E-state index contributed by atoms with van der Waals surface area (Å²) in [5, 5.41) is 3.90. The summed E-state index contributed by atoms with van der Waals surface area (Å²) < 4.78 is 18.5. The Morgan fingerprint density at radius 3 is 2.96 bits per heavy atom. The number of carbonyl (C=O) groups excluding carboxylic acids is 1. The summed E-state index contributed by atoms with van der Waals surface area (Å²) in [4.78, 5) is 14.6. The fourth-order valence-corrected chi connectivity index (χ4v) is 3.32. The van der Waals surface area contributed by atoms with Gasteiger partial charge in [-0.3, -0.25) is 4.79 Å². The molecule has 1 saturated heterocycles. The summed E-state index contributed by atoms with van der Waals surface area (Å²) >= 11 is 0. The highest BCUT2D eigenvalue weighted by Crippen LogP contribution is 2.23. The second-order valence-corrected chi connectivity index (χ2v) is 6.20. The van der Waals surface area contributed by atoms with Crippen LogP contribution in [0.4, 0.5) is 4.39 Å². The molecule has 4 nitrogen and oxygen atoms in total. The molecule has 0 N–H and O–H groups in total. The van der Waals surface area contributed by atoms with Gasteiger partial charge in [0.1, 0.15) is 11.6 Å². The van der Waals surface area contributed by atoms with E-state index in [1.54, 1.807) is 12.1 Å². The molecule has 1 amide bonds. The molecule has 122 valence electrons. The van der Waals surface area contributed by atoms with Crippen LogP contribution in [0.2, 0.25) is 0 Å². The minimum absolute atomic E-state index is 0.0957. The van der Waals surface area contributed by atoms with Crippen LogP contribution in [-0.2, 0) is 17.6 Å². The van der Waals surface area contributed by atoms with Crippen molar-refractivity contribution in [3.63, 3.8) is 0 Å². The molecule has 0 bridgehead atoms. The fourth-order valence-electron chi connectivity index (χ4n) is 3.32. The second-order valence-electron chi connectivity index (χ2n) is 6.20. The van der Waals surface area contributed by atoms with Gasteiger partial charge in [0.2, 0.25) is 5.91 Å². The maximum atomic E-state index is 13.3. The third-order valence-electron chi connectivity index (χ3n) is 4.57. The maximum absolute atomic E-state index is 13.3. The third-order valence-corrected chi connectivity index (χ3v) is 4.57. The SMILES string of the molecule is Cc1noc(C)c1CC(=O)N1CCC[C@@H]1Cc1cccc(F)c1. The number of likely N-dealkylation sites (tertiary alicyclic amines) is 1. The van der Waals surface area contributed by atoms with Crippen molar-refractivity contribution in [3.8, 4) is 0 Å². The number of rotatable bonds is 4. The Morgan fingerprint density at radius 1 is 1.43 bits per heavy atom. The monoisotopic (exact) mass is 316 g/mol. The van der Waals surface area contributed by atoms with Crippen molar-refractivity contribution in [1.29, 1.82) is 0 Å². The molecule has 1 aromatic heterocycles. The maximum Gasteiger partial charge on any atom is 0.227 e. The summed E-state index contributed by atoms with van der Waals surface area (Å²) in [5.74, 6) is 0.573. The average molecular weight is 316 g/mol. The van der Waals surface area contributed by atoms with Crippen LogP contribution in [0.3, 0.4) is 0 Å². The number of benzene rings is 1. The Morgan fingerprint density at radius 2 is 2.26 bits per heavy atom. The standard InChI is InChI=1S/C18H21FN2O2/c1-12-17(13(2)23-20-12)11-18(22)21-8-4-7-16(21)10-14-5-3-6-15(19)9-14/h3,5-6,9,16H,4,7-8,10-11H2,1-2H3/t16-/m1/s1.